The number of benzene rings is 3. The lowest BCUT2D eigenvalue weighted by atomic mass is 9.98. The highest BCUT2D eigenvalue weighted by Gasteiger charge is 2.63. The molecule has 0 aliphatic carbocycles. The van der Waals surface area contributed by atoms with Gasteiger partial charge in [0.1, 0.15) is 48.8 Å². The van der Waals surface area contributed by atoms with Crippen molar-refractivity contribution in [1.29, 1.82) is 0 Å². The first-order valence-corrected chi connectivity index (χ1v) is 14.6. The molecule has 4 aliphatic heterocycles. The van der Waals surface area contributed by atoms with Gasteiger partial charge in [0.05, 0.1) is 33.0 Å². The Labute approximate surface area is 245 Å². The molecule has 4 fully saturated rings. The Bertz CT molecular complexity index is 1260. The van der Waals surface area contributed by atoms with Crippen molar-refractivity contribution < 1.29 is 43.0 Å². The Morgan fingerprint density at radius 3 is 1.88 bits per heavy atom. The van der Waals surface area contributed by atoms with Crippen molar-refractivity contribution in [3.8, 4) is 0 Å². The first-order chi connectivity index (χ1) is 20.7. The molecule has 7 rings (SSSR count). The van der Waals surface area contributed by atoms with E-state index in [1.54, 1.807) is 0 Å². The van der Waals surface area contributed by atoms with Gasteiger partial charge in [-0.05, 0) is 16.7 Å². The minimum Gasteiger partial charge on any atom is -0.387 e. The van der Waals surface area contributed by atoms with Crippen LogP contribution in [0.15, 0.2) is 91.0 Å². The number of ether oxygens (including phenoxy) is 8. The molecule has 4 heterocycles. The molecule has 0 saturated carbocycles. The van der Waals surface area contributed by atoms with E-state index in [1.807, 2.05) is 91.0 Å². The Hall–Kier alpha value is -2.70. The lowest BCUT2D eigenvalue weighted by molar-refractivity contribution is -0.336. The van der Waals surface area contributed by atoms with Crippen molar-refractivity contribution in [2.75, 3.05) is 13.2 Å². The summed E-state index contributed by atoms with van der Waals surface area (Å²) in [5, 5.41) is 11.8. The third kappa shape index (κ3) is 6.30. The summed E-state index contributed by atoms with van der Waals surface area (Å²) in [5.74, 6) is 0. The van der Waals surface area contributed by atoms with Crippen LogP contribution in [-0.2, 0) is 57.7 Å². The second-order valence-electron chi connectivity index (χ2n) is 11.1. The van der Waals surface area contributed by atoms with E-state index in [2.05, 4.69) is 0 Å². The van der Waals surface area contributed by atoms with Gasteiger partial charge in [0.25, 0.3) is 0 Å². The van der Waals surface area contributed by atoms with Crippen molar-refractivity contribution >= 4 is 0 Å². The zero-order valence-electron chi connectivity index (χ0n) is 23.2. The summed E-state index contributed by atoms with van der Waals surface area (Å²) in [4.78, 5) is 0. The first-order valence-electron chi connectivity index (χ1n) is 14.6. The summed E-state index contributed by atoms with van der Waals surface area (Å²) < 4.78 is 49.4. The molecule has 42 heavy (non-hydrogen) atoms. The van der Waals surface area contributed by atoms with Crippen LogP contribution in [0.1, 0.15) is 16.7 Å². The highest BCUT2D eigenvalue weighted by Crippen LogP contribution is 2.44. The van der Waals surface area contributed by atoms with Crippen LogP contribution in [0.3, 0.4) is 0 Å². The fourth-order valence-corrected chi connectivity index (χ4v) is 5.86. The number of rotatable bonds is 12. The Balaban J connectivity index is 1.11. The van der Waals surface area contributed by atoms with Crippen LogP contribution in [0.4, 0.5) is 0 Å². The quantitative estimate of drug-likeness (QED) is 0.326. The maximum absolute atomic E-state index is 11.8. The average Bonchev–Trinajstić information content (AvgIpc) is 3.72. The normalized spacial score (nSPS) is 35.1. The van der Waals surface area contributed by atoms with Crippen LogP contribution in [0.5, 0.6) is 0 Å². The SMILES string of the molecule is OC1[C@H](OCc2ccccc2)C(COCc2ccccc2)O[C@H](O[C@@H]2C3CO[C@H](O3)C3OC32)[C@H]1OCc1ccccc1. The molecular formula is C33H36O9. The third-order valence-corrected chi connectivity index (χ3v) is 8.13. The van der Waals surface area contributed by atoms with Crippen molar-refractivity contribution in [3.05, 3.63) is 108 Å². The van der Waals surface area contributed by atoms with Gasteiger partial charge >= 0.3 is 0 Å². The molecule has 3 aromatic carbocycles. The largest absolute Gasteiger partial charge is 0.387 e. The number of aliphatic hydroxyl groups excluding tert-OH is 1. The van der Waals surface area contributed by atoms with Gasteiger partial charge in [0.15, 0.2) is 12.6 Å². The van der Waals surface area contributed by atoms with E-state index >= 15 is 0 Å². The molecule has 4 aliphatic rings. The van der Waals surface area contributed by atoms with Gasteiger partial charge in [-0.3, -0.25) is 0 Å². The minimum absolute atomic E-state index is 0.147. The van der Waals surface area contributed by atoms with E-state index in [9.17, 15) is 5.11 Å². The molecule has 1 N–H and O–H groups in total. The Kier molecular flexibility index (Phi) is 8.62. The van der Waals surface area contributed by atoms with E-state index in [0.29, 0.717) is 19.8 Å². The Morgan fingerprint density at radius 1 is 0.643 bits per heavy atom. The molecule has 9 nitrogen and oxygen atoms in total. The van der Waals surface area contributed by atoms with E-state index in [-0.39, 0.29) is 37.8 Å². The molecule has 5 unspecified atom stereocenters. The summed E-state index contributed by atoms with van der Waals surface area (Å²) >= 11 is 0. The van der Waals surface area contributed by atoms with Gasteiger partial charge in [-0.25, -0.2) is 0 Å². The number of fused-ring (bicyclic) bond motifs is 4. The van der Waals surface area contributed by atoms with Gasteiger partial charge in [-0.15, -0.1) is 0 Å². The highest BCUT2D eigenvalue weighted by atomic mass is 16.8. The highest BCUT2D eigenvalue weighted by molar-refractivity contribution is 5.15. The van der Waals surface area contributed by atoms with E-state index in [0.717, 1.165) is 16.7 Å². The topological polar surface area (TPSA) is 97.4 Å². The molecule has 0 radical (unpaired) electrons. The van der Waals surface area contributed by atoms with Crippen molar-refractivity contribution in [3.63, 3.8) is 0 Å². The number of hydrogen-bond acceptors (Lipinski definition) is 9. The van der Waals surface area contributed by atoms with Crippen LogP contribution in [-0.4, -0.2) is 79.7 Å². The molecular weight excluding hydrogens is 540 g/mol. The smallest absolute Gasteiger partial charge is 0.187 e. The summed E-state index contributed by atoms with van der Waals surface area (Å²) in [6, 6.07) is 29.6. The maximum Gasteiger partial charge on any atom is 0.187 e. The first kappa shape index (κ1) is 28.1. The fraction of sp³-hybridized carbons (Fsp3) is 0.455. The molecule has 10 atom stereocenters. The molecule has 2 bridgehead atoms. The van der Waals surface area contributed by atoms with Crippen molar-refractivity contribution in [1.82, 2.24) is 0 Å². The van der Waals surface area contributed by atoms with Crippen LogP contribution < -0.4 is 0 Å². The van der Waals surface area contributed by atoms with Crippen LogP contribution in [0.25, 0.3) is 0 Å². The second kappa shape index (κ2) is 12.9. The summed E-state index contributed by atoms with van der Waals surface area (Å²) in [6.45, 7) is 1.58. The maximum atomic E-state index is 11.8. The van der Waals surface area contributed by atoms with Crippen LogP contribution >= 0.6 is 0 Å². The molecule has 0 aromatic heterocycles. The summed E-state index contributed by atoms with van der Waals surface area (Å²) in [7, 11) is 0. The van der Waals surface area contributed by atoms with Gasteiger partial charge in [-0.2, -0.15) is 0 Å². The zero-order valence-corrected chi connectivity index (χ0v) is 23.2. The number of aliphatic hydroxyl groups is 1. The summed E-state index contributed by atoms with van der Waals surface area (Å²) in [6.07, 6.45) is -5.52. The predicted molar refractivity (Wildman–Crippen MR) is 149 cm³/mol. The van der Waals surface area contributed by atoms with Gasteiger partial charge in [0.2, 0.25) is 0 Å². The zero-order chi connectivity index (χ0) is 28.3. The third-order valence-electron chi connectivity index (χ3n) is 8.13. The number of hydrogen-bond donors (Lipinski definition) is 1. The molecule has 3 aromatic rings. The van der Waals surface area contributed by atoms with Crippen molar-refractivity contribution in [2.24, 2.45) is 0 Å². The minimum atomic E-state index is -1.06. The van der Waals surface area contributed by atoms with E-state index < -0.39 is 36.8 Å². The van der Waals surface area contributed by atoms with Crippen LogP contribution in [0.2, 0.25) is 0 Å². The monoisotopic (exact) mass is 576 g/mol. The van der Waals surface area contributed by atoms with Crippen LogP contribution in [0, 0.1) is 0 Å². The number of epoxide rings is 1. The molecule has 0 spiro atoms. The lowest BCUT2D eigenvalue weighted by Gasteiger charge is -2.45. The second-order valence-corrected chi connectivity index (χ2v) is 11.1. The fourth-order valence-electron chi connectivity index (χ4n) is 5.86. The summed E-state index contributed by atoms with van der Waals surface area (Å²) in [5.41, 5.74) is 3.00. The Morgan fingerprint density at radius 2 is 1.24 bits per heavy atom. The van der Waals surface area contributed by atoms with Gasteiger partial charge in [-0.1, -0.05) is 91.0 Å². The molecule has 9 heteroatoms. The van der Waals surface area contributed by atoms with E-state index in [4.69, 9.17) is 37.9 Å². The lowest BCUT2D eigenvalue weighted by Crippen LogP contribution is -2.62. The average molecular weight is 577 g/mol. The molecule has 222 valence electrons. The standard InChI is InChI=1S/C33H36O9/c34-26-27(36-17-22-12-6-2-7-13-22)24(19-35-16-21-10-4-1-5-11-21)40-33(29(26)37-18-23-14-8-3-9-15-23)42-28-25-20-38-32(39-25)31-30(28)41-31/h1-15,24-34H,16-20H2/t24?,25?,26?,27-,28-,29+,30?,31?,32-,33-/m1/s1. The predicted octanol–water partition coefficient (Wildman–Crippen LogP) is 3.37. The van der Waals surface area contributed by atoms with Gasteiger partial charge in [0, 0.05) is 0 Å². The van der Waals surface area contributed by atoms with Crippen molar-refractivity contribution in [2.45, 2.75) is 81.2 Å². The molecule has 4 saturated heterocycles. The molecule has 0 amide bonds. The van der Waals surface area contributed by atoms with Gasteiger partial charge < -0.3 is 43.0 Å². The van der Waals surface area contributed by atoms with E-state index in [1.165, 1.54) is 0 Å².